The number of hydrogen-bond acceptors (Lipinski definition) is 3. The van der Waals surface area contributed by atoms with Crippen molar-refractivity contribution < 1.29 is 12.8 Å². The molecular formula is C15H23FN2O2S. The van der Waals surface area contributed by atoms with Crippen LogP contribution in [-0.4, -0.2) is 14.5 Å². The van der Waals surface area contributed by atoms with Gasteiger partial charge in [-0.25, -0.2) is 17.9 Å². The molecule has 6 heteroatoms. The fourth-order valence-electron chi connectivity index (χ4n) is 3.01. The number of benzene rings is 1. The van der Waals surface area contributed by atoms with E-state index in [2.05, 4.69) is 12.2 Å². The number of anilines is 1. The lowest BCUT2D eigenvalue weighted by atomic mass is 9.83. The minimum Gasteiger partial charge on any atom is -0.380 e. The molecule has 0 aliphatic heterocycles. The van der Waals surface area contributed by atoms with E-state index in [1.54, 1.807) is 0 Å². The average Bonchev–Trinajstić information content (AvgIpc) is 2.42. The molecule has 1 aliphatic carbocycles. The van der Waals surface area contributed by atoms with Crippen LogP contribution in [-0.2, 0) is 10.0 Å². The number of hydrogen-bond donors (Lipinski definition) is 2. The summed E-state index contributed by atoms with van der Waals surface area (Å²) < 4.78 is 36.3. The Morgan fingerprint density at radius 2 is 1.95 bits per heavy atom. The Bertz CT molecular complexity index is 581. The largest absolute Gasteiger partial charge is 0.380 e. The Morgan fingerprint density at radius 1 is 1.29 bits per heavy atom. The van der Waals surface area contributed by atoms with E-state index < -0.39 is 15.8 Å². The van der Waals surface area contributed by atoms with Gasteiger partial charge in [-0.05, 0) is 49.8 Å². The molecule has 21 heavy (non-hydrogen) atoms. The van der Waals surface area contributed by atoms with E-state index in [0.29, 0.717) is 5.69 Å². The lowest BCUT2D eigenvalue weighted by molar-refractivity contribution is 0.318. The van der Waals surface area contributed by atoms with Gasteiger partial charge in [0.25, 0.3) is 0 Å². The van der Waals surface area contributed by atoms with Crippen LogP contribution in [0.15, 0.2) is 23.1 Å². The number of nitrogens with one attached hydrogen (secondary N) is 1. The normalized spacial score (nSPS) is 23.0. The molecule has 1 aliphatic rings. The molecule has 4 nitrogen and oxygen atoms in total. The number of nitrogens with two attached hydrogens (primary N) is 1. The van der Waals surface area contributed by atoms with E-state index in [1.165, 1.54) is 37.8 Å². The maximum absolute atomic E-state index is 14.0. The van der Waals surface area contributed by atoms with Crippen molar-refractivity contribution >= 4 is 15.7 Å². The molecule has 0 aromatic heterocycles. The van der Waals surface area contributed by atoms with Crippen LogP contribution in [0.1, 0.15) is 45.4 Å². The summed E-state index contributed by atoms with van der Waals surface area (Å²) in [6.45, 7) is 2.20. The molecular weight excluding hydrogens is 291 g/mol. The standard InChI is InChI=1S/C15H23FN2O2S/c1-2-3-11-4-6-12(7-5-11)18-15-9-8-13(10-14(15)16)21(17,19)20/h8-12,18H,2-7H2,1H3,(H2,17,19,20). The molecule has 1 aromatic rings. The van der Waals surface area contributed by atoms with Crippen molar-refractivity contribution in [3.8, 4) is 0 Å². The topological polar surface area (TPSA) is 72.2 Å². The third-order valence-electron chi connectivity index (χ3n) is 4.17. The highest BCUT2D eigenvalue weighted by Gasteiger charge is 2.21. The van der Waals surface area contributed by atoms with Gasteiger partial charge in [0.1, 0.15) is 5.82 Å². The molecule has 0 radical (unpaired) electrons. The average molecular weight is 314 g/mol. The van der Waals surface area contributed by atoms with Gasteiger partial charge in [-0.2, -0.15) is 0 Å². The minimum atomic E-state index is -3.86. The summed E-state index contributed by atoms with van der Waals surface area (Å²) in [4.78, 5) is -0.197. The fraction of sp³-hybridized carbons (Fsp3) is 0.600. The molecule has 3 N–H and O–H groups in total. The van der Waals surface area contributed by atoms with Crippen molar-refractivity contribution in [1.29, 1.82) is 0 Å². The Morgan fingerprint density at radius 3 is 2.48 bits per heavy atom. The Balaban J connectivity index is 1.98. The molecule has 0 saturated heterocycles. The summed E-state index contributed by atoms with van der Waals surface area (Å²) in [6, 6.07) is 4.02. The van der Waals surface area contributed by atoms with Gasteiger partial charge in [0.05, 0.1) is 10.6 Å². The summed E-state index contributed by atoms with van der Waals surface area (Å²) >= 11 is 0. The molecule has 1 aromatic carbocycles. The molecule has 0 heterocycles. The zero-order chi connectivity index (χ0) is 15.5. The smallest absolute Gasteiger partial charge is 0.238 e. The van der Waals surface area contributed by atoms with Gasteiger partial charge in [-0.3, -0.25) is 0 Å². The van der Waals surface area contributed by atoms with Gasteiger partial charge in [-0.15, -0.1) is 0 Å². The van der Waals surface area contributed by atoms with E-state index in [1.807, 2.05) is 0 Å². The number of sulfonamides is 1. The maximum Gasteiger partial charge on any atom is 0.238 e. The van der Waals surface area contributed by atoms with Gasteiger partial charge in [-0.1, -0.05) is 19.8 Å². The molecule has 0 amide bonds. The predicted octanol–water partition coefficient (Wildman–Crippen LogP) is 3.24. The molecule has 0 spiro atoms. The third-order valence-corrected chi connectivity index (χ3v) is 5.08. The Hall–Kier alpha value is -1.14. The number of halogens is 1. The van der Waals surface area contributed by atoms with Crippen LogP contribution in [0.3, 0.4) is 0 Å². The highest BCUT2D eigenvalue weighted by molar-refractivity contribution is 7.89. The van der Waals surface area contributed by atoms with E-state index in [9.17, 15) is 12.8 Å². The fourth-order valence-corrected chi connectivity index (χ4v) is 3.54. The van der Waals surface area contributed by atoms with Crippen LogP contribution in [0, 0.1) is 11.7 Å². The first-order valence-electron chi connectivity index (χ1n) is 7.49. The predicted molar refractivity (Wildman–Crippen MR) is 82.0 cm³/mol. The lowest BCUT2D eigenvalue weighted by Crippen LogP contribution is -2.26. The van der Waals surface area contributed by atoms with Crippen molar-refractivity contribution in [2.24, 2.45) is 11.1 Å². The monoisotopic (exact) mass is 314 g/mol. The van der Waals surface area contributed by atoms with Gasteiger partial charge in [0, 0.05) is 6.04 Å². The SMILES string of the molecule is CCCC1CCC(Nc2ccc(S(N)(=O)=O)cc2F)CC1. The van der Waals surface area contributed by atoms with Crippen molar-refractivity contribution in [1.82, 2.24) is 0 Å². The first-order valence-corrected chi connectivity index (χ1v) is 9.03. The summed E-state index contributed by atoms with van der Waals surface area (Å²) in [5.74, 6) is 0.222. The second-order valence-electron chi connectivity index (χ2n) is 5.84. The number of rotatable bonds is 5. The van der Waals surface area contributed by atoms with Gasteiger partial charge < -0.3 is 5.32 Å². The summed E-state index contributed by atoms with van der Waals surface area (Å²) in [5, 5.41) is 8.17. The first kappa shape index (κ1) is 16.2. The van der Waals surface area contributed by atoms with Crippen LogP contribution in [0.2, 0.25) is 0 Å². The van der Waals surface area contributed by atoms with Crippen LogP contribution in [0.25, 0.3) is 0 Å². The molecule has 1 fully saturated rings. The minimum absolute atomic E-state index is 0.197. The quantitative estimate of drug-likeness (QED) is 0.876. The van der Waals surface area contributed by atoms with Crippen LogP contribution in [0.4, 0.5) is 10.1 Å². The highest BCUT2D eigenvalue weighted by Crippen LogP contribution is 2.30. The van der Waals surface area contributed by atoms with Crippen molar-refractivity contribution in [3.05, 3.63) is 24.0 Å². The Kier molecular flexibility index (Phi) is 5.22. The van der Waals surface area contributed by atoms with Crippen molar-refractivity contribution in [2.75, 3.05) is 5.32 Å². The van der Waals surface area contributed by atoms with E-state index in [4.69, 9.17) is 5.14 Å². The first-order chi connectivity index (χ1) is 9.90. The van der Waals surface area contributed by atoms with Crippen LogP contribution < -0.4 is 10.5 Å². The second-order valence-corrected chi connectivity index (χ2v) is 7.40. The molecule has 2 rings (SSSR count). The zero-order valence-electron chi connectivity index (χ0n) is 12.3. The van der Waals surface area contributed by atoms with Gasteiger partial charge >= 0.3 is 0 Å². The highest BCUT2D eigenvalue weighted by atomic mass is 32.2. The van der Waals surface area contributed by atoms with E-state index in [-0.39, 0.29) is 10.9 Å². The third kappa shape index (κ3) is 4.41. The van der Waals surface area contributed by atoms with Crippen molar-refractivity contribution in [3.63, 3.8) is 0 Å². The molecule has 0 unspecified atom stereocenters. The Labute approximate surface area is 126 Å². The summed E-state index contributed by atoms with van der Waals surface area (Å²) in [6.07, 6.45) is 6.88. The molecule has 0 atom stereocenters. The maximum atomic E-state index is 14.0. The zero-order valence-corrected chi connectivity index (χ0v) is 13.1. The summed E-state index contributed by atoms with van der Waals surface area (Å²) in [5.41, 5.74) is 0.348. The lowest BCUT2D eigenvalue weighted by Gasteiger charge is -2.29. The number of primary sulfonamides is 1. The van der Waals surface area contributed by atoms with Crippen molar-refractivity contribution in [2.45, 2.75) is 56.4 Å². The molecule has 1 saturated carbocycles. The summed E-state index contributed by atoms with van der Waals surface area (Å²) in [7, 11) is -3.86. The second kappa shape index (κ2) is 6.75. The van der Waals surface area contributed by atoms with Gasteiger partial charge in [0.2, 0.25) is 10.0 Å². The van der Waals surface area contributed by atoms with Crippen LogP contribution in [0.5, 0.6) is 0 Å². The molecule has 118 valence electrons. The van der Waals surface area contributed by atoms with E-state index in [0.717, 1.165) is 24.8 Å². The van der Waals surface area contributed by atoms with Gasteiger partial charge in [0.15, 0.2) is 0 Å². The molecule has 0 bridgehead atoms. The van der Waals surface area contributed by atoms with E-state index >= 15 is 0 Å². The van der Waals surface area contributed by atoms with Crippen LogP contribution >= 0.6 is 0 Å².